The second-order valence-corrected chi connectivity index (χ2v) is 7.32. The number of phenolic OH excluding ortho intramolecular Hbond substituents is 1. The van der Waals surface area contributed by atoms with E-state index in [-0.39, 0.29) is 29.3 Å². The standard InChI is InChI=1S/C16H17N3O5S/c20-15-2-1-13(25(22,23)19-7-9-24-10-8-19)11-14(15)16(21)18-12-3-5-17-6-4-12/h1-6,11,20H,7-10H2,(H,17,18,21). The number of rotatable bonds is 4. The Balaban J connectivity index is 1.88. The van der Waals surface area contributed by atoms with Gasteiger partial charge in [0.1, 0.15) is 5.75 Å². The van der Waals surface area contributed by atoms with Crippen molar-refractivity contribution in [1.29, 1.82) is 0 Å². The molecule has 132 valence electrons. The third-order valence-electron chi connectivity index (χ3n) is 3.76. The van der Waals surface area contributed by atoms with E-state index in [2.05, 4.69) is 10.3 Å². The number of nitrogens with one attached hydrogen (secondary N) is 1. The van der Waals surface area contributed by atoms with Crippen molar-refractivity contribution in [2.24, 2.45) is 0 Å². The van der Waals surface area contributed by atoms with Crippen LogP contribution in [0.2, 0.25) is 0 Å². The maximum Gasteiger partial charge on any atom is 0.259 e. The van der Waals surface area contributed by atoms with E-state index in [0.29, 0.717) is 18.9 Å². The number of aromatic hydroxyl groups is 1. The van der Waals surface area contributed by atoms with Gasteiger partial charge >= 0.3 is 0 Å². The van der Waals surface area contributed by atoms with Gasteiger partial charge in [-0.25, -0.2) is 8.42 Å². The second-order valence-electron chi connectivity index (χ2n) is 5.39. The summed E-state index contributed by atoms with van der Waals surface area (Å²) in [5.41, 5.74) is 0.368. The van der Waals surface area contributed by atoms with E-state index in [1.165, 1.54) is 34.9 Å². The first-order valence-corrected chi connectivity index (χ1v) is 9.05. The number of nitrogens with zero attached hydrogens (tertiary/aromatic N) is 2. The highest BCUT2D eigenvalue weighted by molar-refractivity contribution is 7.89. The number of anilines is 1. The Hall–Kier alpha value is -2.49. The maximum atomic E-state index is 12.7. The number of hydrogen-bond acceptors (Lipinski definition) is 6. The lowest BCUT2D eigenvalue weighted by atomic mass is 10.2. The summed E-state index contributed by atoms with van der Waals surface area (Å²) in [6.45, 7) is 1.16. The van der Waals surface area contributed by atoms with Gasteiger partial charge in [-0.2, -0.15) is 4.31 Å². The average Bonchev–Trinajstić information content (AvgIpc) is 2.63. The summed E-state index contributed by atoms with van der Waals surface area (Å²) in [5, 5.41) is 12.5. The van der Waals surface area contributed by atoms with E-state index in [1.54, 1.807) is 12.1 Å². The number of carbonyl (C=O) groups is 1. The van der Waals surface area contributed by atoms with Gasteiger partial charge in [-0.05, 0) is 30.3 Å². The Labute approximate surface area is 145 Å². The number of aromatic nitrogens is 1. The highest BCUT2D eigenvalue weighted by atomic mass is 32.2. The van der Waals surface area contributed by atoms with Crippen molar-refractivity contribution in [2.45, 2.75) is 4.90 Å². The van der Waals surface area contributed by atoms with Crippen molar-refractivity contribution in [3.05, 3.63) is 48.3 Å². The van der Waals surface area contributed by atoms with Crippen LogP contribution in [0.5, 0.6) is 5.75 Å². The van der Waals surface area contributed by atoms with Crippen LogP contribution in [0.3, 0.4) is 0 Å². The molecule has 1 aromatic carbocycles. The molecule has 1 saturated heterocycles. The second kappa shape index (κ2) is 7.18. The van der Waals surface area contributed by atoms with Gasteiger partial charge in [-0.1, -0.05) is 0 Å². The molecule has 1 aliphatic rings. The van der Waals surface area contributed by atoms with Crippen molar-refractivity contribution in [3.8, 4) is 5.75 Å². The number of amides is 1. The van der Waals surface area contributed by atoms with Gasteiger partial charge in [0.05, 0.1) is 23.7 Å². The molecule has 9 heteroatoms. The van der Waals surface area contributed by atoms with Gasteiger partial charge in [0.15, 0.2) is 0 Å². The number of hydrogen-bond donors (Lipinski definition) is 2. The monoisotopic (exact) mass is 363 g/mol. The predicted octanol–water partition coefficient (Wildman–Crippen LogP) is 1.06. The molecule has 0 radical (unpaired) electrons. The number of carbonyl (C=O) groups excluding carboxylic acids is 1. The van der Waals surface area contributed by atoms with E-state index in [9.17, 15) is 18.3 Å². The molecule has 1 aromatic heterocycles. The summed E-state index contributed by atoms with van der Waals surface area (Å²) in [7, 11) is -3.76. The first-order chi connectivity index (χ1) is 12.0. The lowest BCUT2D eigenvalue weighted by molar-refractivity contribution is 0.0730. The first-order valence-electron chi connectivity index (χ1n) is 7.61. The zero-order chi connectivity index (χ0) is 17.9. The third-order valence-corrected chi connectivity index (χ3v) is 5.65. The van der Waals surface area contributed by atoms with Crippen molar-refractivity contribution < 1.29 is 23.1 Å². The average molecular weight is 363 g/mol. The lowest BCUT2D eigenvalue weighted by Crippen LogP contribution is -2.40. The van der Waals surface area contributed by atoms with Crippen molar-refractivity contribution in [3.63, 3.8) is 0 Å². The molecule has 0 saturated carbocycles. The summed E-state index contributed by atoms with van der Waals surface area (Å²) in [5.74, 6) is -0.907. The third kappa shape index (κ3) is 3.78. The summed E-state index contributed by atoms with van der Waals surface area (Å²) >= 11 is 0. The van der Waals surface area contributed by atoms with Gasteiger partial charge in [0, 0.05) is 31.2 Å². The zero-order valence-electron chi connectivity index (χ0n) is 13.3. The van der Waals surface area contributed by atoms with Gasteiger partial charge in [-0.15, -0.1) is 0 Å². The Morgan fingerprint density at radius 2 is 1.84 bits per heavy atom. The van der Waals surface area contributed by atoms with Crippen molar-refractivity contribution >= 4 is 21.6 Å². The van der Waals surface area contributed by atoms with E-state index in [4.69, 9.17) is 4.74 Å². The molecule has 8 nitrogen and oxygen atoms in total. The number of phenols is 1. The number of pyridine rings is 1. The van der Waals surface area contributed by atoms with Gasteiger partial charge in [0.25, 0.3) is 5.91 Å². The number of benzene rings is 1. The Morgan fingerprint density at radius 3 is 2.52 bits per heavy atom. The molecule has 25 heavy (non-hydrogen) atoms. The quantitative estimate of drug-likeness (QED) is 0.841. The van der Waals surface area contributed by atoms with Crippen LogP contribution in [0.25, 0.3) is 0 Å². The van der Waals surface area contributed by atoms with Crippen molar-refractivity contribution in [2.75, 3.05) is 31.6 Å². The van der Waals surface area contributed by atoms with Crippen LogP contribution < -0.4 is 5.32 Å². The molecule has 2 aromatic rings. The van der Waals surface area contributed by atoms with E-state index in [0.717, 1.165) is 0 Å². The van der Waals surface area contributed by atoms with Crippen LogP contribution in [-0.4, -0.2) is 55.0 Å². The molecule has 2 N–H and O–H groups in total. The largest absolute Gasteiger partial charge is 0.507 e. The molecule has 1 amide bonds. The van der Waals surface area contributed by atoms with Crippen LogP contribution in [0.1, 0.15) is 10.4 Å². The van der Waals surface area contributed by atoms with E-state index >= 15 is 0 Å². The fraction of sp³-hybridized carbons (Fsp3) is 0.250. The minimum atomic E-state index is -3.76. The molecule has 0 unspecified atom stereocenters. The molecule has 0 bridgehead atoms. The number of morpholine rings is 1. The van der Waals surface area contributed by atoms with Gasteiger partial charge in [-0.3, -0.25) is 9.78 Å². The fourth-order valence-corrected chi connectivity index (χ4v) is 3.86. The Bertz CT molecular complexity index is 865. The highest BCUT2D eigenvalue weighted by Gasteiger charge is 2.27. The SMILES string of the molecule is O=C(Nc1ccncc1)c1cc(S(=O)(=O)N2CCOCC2)ccc1O. The van der Waals surface area contributed by atoms with Crippen LogP contribution in [0, 0.1) is 0 Å². The fourth-order valence-electron chi connectivity index (χ4n) is 2.43. The molecule has 0 spiro atoms. The Morgan fingerprint density at radius 1 is 1.16 bits per heavy atom. The zero-order valence-corrected chi connectivity index (χ0v) is 14.1. The normalized spacial score (nSPS) is 15.7. The number of sulfonamides is 1. The minimum absolute atomic E-state index is 0.0490. The van der Waals surface area contributed by atoms with Gasteiger partial charge in [0.2, 0.25) is 10.0 Å². The van der Waals surface area contributed by atoms with Crippen LogP contribution in [0.15, 0.2) is 47.6 Å². The molecule has 2 heterocycles. The van der Waals surface area contributed by atoms with E-state index in [1.807, 2.05) is 0 Å². The molecule has 1 aliphatic heterocycles. The summed E-state index contributed by atoms with van der Waals surface area (Å²) in [6, 6.07) is 6.83. The lowest BCUT2D eigenvalue weighted by Gasteiger charge is -2.26. The topological polar surface area (TPSA) is 109 Å². The molecular formula is C16H17N3O5S. The molecule has 0 aliphatic carbocycles. The smallest absolute Gasteiger partial charge is 0.259 e. The van der Waals surface area contributed by atoms with Crippen molar-refractivity contribution in [1.82, 2.24) is 9.29 Å². The molecule has 0 atom stereocenters. The van der Waals surface area contributed by atoms with Crippen LogP contribution in [0.4, 0.5) is 5.69 Å². The minimum Gasteiger partial charge on any atom is -0.507 e. The van der Waals surface area contributed by atoms with Crippen LogP contribution in [-0.2, 0) is 14.8 Å². The van der Waals surface area contributed by atoms with E-state index < -0.39 is 15.9 Å². The highest BCUT2D eigenvalue weighted by Crippen LogP contribution is 2.25. The predicted molar refractivity (Wildman–Crippen MR) is 89.9 cm³/mol. The number of ether oxygens (including phenoxy) is 1. The maximum absolute atomic E-state index is 12.7. The van der Waals surface area contributed by atoms with Gasteiger partial charge < -0.3 is 15.2 Å². The molecule has 3 rings (SSSR count). The first kappa shape index (κ1) is 17.3. The molecular weight excluding hydrogens is 346 g/mol. The summed E-state index contributed by atoms with van der Waals surface area (Å²) in [6.07, 6.45) is 3.02. The van der Waals surface area contributed by atoms with Crippen LogP contribution >= 0.6 is 0 Å². The summed E-state index contributed by atoms with van der Waals surface area (Å²) < 4.78 is 31.8. The summed E-state index contributed by atoms with van der Waals surface area (Å²) in [4.78, 5) is 16.2. The Kier molecular flexibility index (Phi) is 4.98. The molecule has 1 fully saturated rings.